The molecule has 0 saturated heterocycles. The summed E-state index contributed by atoms with van der Waals surface area (Å²) in [6.45, 7) is 2.89. The molecule has 4 rings (SSSR count). The van der Waals surface area contributed by atoms with Gasteiger partial charge in [-0.05, 0) is 30.0 Å². The second-order valence-electron chi connectivity index (χ2n) is 5.37. The quantitative estimate of drug-likeness (QED) is 0.580. The van der Waals surface area contributed by atoms with Crippen LogP contribution in [-0.2, 0) is 12.8 Å². The number of aryl methyl sites for hydroxylation is 1. The summed E-state index contributed by atoms with van der Waals surface area (Å²) in [5.41, 5.74) is 2.49. The van der Waals surface area contributed by atoms with Crippen molar-refractivity contribution in [3.8, 4) is 0 Å². The molecule has 3 heterocycles. The predicted molar refractivity (Wildman–Crippen MR) is 95.2 cm³/mol. The molecule has 0 amide bonds. The number of anilines is 1. The highest BCUT2D eigenvalue weighted by atomic mass is 32.1. The molecule has 0 bridgehead atoms. The molecule has 1 N–H and O–H groups in total. The standard InChI is InChI=1S/C18H17N3OS/c1-2-15-20-16-13-7-3-4-8-14(13)22-17(16)18(21-15)19-10-9-12-6-5-11-23-12/h3-8,11H,2,9-10H2,1H3,(H,19,20,21). The van der Waals surface area contributed by atoms with Crippen molar-refractivity contribution in [2.75, 3.05) is 11.9 Å². The zero-order chi connectivity index (χ0) is 15.6. The normalized spacial score (nSPS) is 11.3. The highest BCUT2D eigenvalue weighted by molar-refractivity contribution is 7.09. The largest absolute Gasteiger partial charge is 0.450 e. The van der Waals surface area contributed by atoms with Crippen molar-refractivity contribution < 1.29 is 4.42 Å². The second-order valence-corrected chi connectivity index (χ2v) is 6.41. The Morgan fingerprint density at radius 2 is 2.04 bits per heavy atom. The van der Waals surface area contributed by atoms with Gasteiger partial charge in [0, 0.05) is 23.2 Å². The van der Waals surface area contributed by atoms with Crippen LogP contribution in [0.1, 0.15) is 17.6 Å². The predicted octanol–water partition coefficient (Wildman–Crippen LogP) is 4.65. The van der Waals surface area contributed by atoms with Crippen LogP contribution in [-0.4, -0.2) is 16.5 Å². The first-order valence-electron chi connectivity index (χ1n) is 7.79. The van der Waals surface area contributed by atoms with E-state index < -0.39 is 0 Å². The van der Waals surface area contributed by atoms with Crippen molar-refractivity contribution in [2.45, 2.75) is 19.8 Å². The summed E-state index contributed by atoms with van der Waals surface area (Å²) in [7, 11) is 0. The summed E-state index contributed by atoms with van der Waals surface area (Å²) in [4.78, 5) is 10.6. The van der Waals surface area contributed by atoms with E-state index in [-0.39, 0.29) is 0 Å². The van der Waals surface area contributed by atoms with Gasteiger partial charge >= 0.3 is 0 Å². The third-order valence-electron chi connectivity index (χ3n) is 3.83. The van der Waals surface area contributed by atoms with Gasteiger partial charge in [-0.1, -0.05) is 25.1 Å². The number of para-hydroxylation sites is 1. The minimum atomic E-state index is 0.745. The average molecular weight is 323 g/mol. The molecule has 3 aromatic heterocycles. The maximum absolute atomic E-state index is 5.99. The molecule has 0 unspecified atom stereocenters. The monoisotopic (exact) mass is 323 g/mol. The highest BCUT2D eigenvalue weighted by Crippen LogP contribution is 2.31. The Morgan fingerprint density at radius 3 is 2.87 bits per heavy atom. The lowest BCUT2D eigenvalue weighted by Gasteiger charge is -2.06. The smallest absolute Gasteiger partial charge is 0.196 e. The fourth-order valence-corrected chi connectivity index (χ4v) is 3.38. The molecule has 0 radical (unpaired) electrons. The van der Waals surface area contributed by atoms with Crippen molar-refractivity contribution in [1.82, 2.24) is 9.97 Å². The topological polar surface area (TPSA) is 51.0 Å². The van der Waals surface area contributed by atoms with Gasteiger partial charge in [0.05, 0.1) is 0 Å². The molecule has 0 saturated carbocycles. The minimum absolute atomic E-state index is 0.745. The molecule has 5 heteroatoms. The van der Waals surface area contributed by atoms with Gasteiger partial charge in [-0.2, -0.15) is 0 Å². The summed E-state index contributed by atoms with van der Waals surface area (Å²) >= 11 is 1.78. The van der Waals surface area contributed by atoms with Gasteiger partial charge in [0.15, 0.2) is 11.4 Å². The van der Waals surface area contributed by atoms with Crippen molar-refractivity contribution >= 4 is 39.2 Å². The lowest BCUT2D eigenvalue weighted by Crippen LogP contribution is -2.07. The fraction of sp³-hybridized carbons (Fsp3) is 0.222. The molecule has 0 aliphatic heterocycles. The molecule has 116 valence electrons. The minimum Gasteiger partial charge on any atom is -0.450 e. The number of rotatable bonds is 5. The first-order valence-corrected chi connectivity index (χ1v) is 8.67. The number of hydrogen-bond donors (Lipinski definition) is 1. The number of benzene rings is 1. The number of nitrogens with one attached hydrogen (secondary N) is 1. The summed E-state index contributed by atoms with van der Waals surface area (Å²) in [5, 5.41) is 6.57. The Labute approximate surface area is 138 Å². The second kappa shape index (κ2) is 6.01. The third kappa shape index (κ3) is 2.68. The SMILES string of the molecule is CCc1nc(NCCc2cccs2)c2oc3ccccc3c2n1. The van der Waals surface area contributed by atoms with Crippen molar-refractivity contribution in [2.24, 2.45) is 0 Å². The molecule has 23 heavy (non-hydrogen) atoms. The van der Waals surface area contributed by atoms with E-state index in [4.69, 9.17) is 4.42 Å². The van der Waals surface area contributed by atoms with Crippen LogP contribution in [0.25, 0.3) is 22.1 Å². The molecule has 0 fully saturated rings. The van der Waals surface area contributed by atoms with E-state index in [9.17, 15) is 0 Å². The first kappa shape index (κ1) is 14.2. The maximum Gasteiger partial charge on any atom is 0.196 e. The van der Waals surface area contributed by atoms with Crippen LogP contribution in [0.2, 0.25) is 0 Å². The summed E-state index contributed by atoms with van der Waals surface area (Å²) in [6.07, 6.45) is 1.78. The average Bonchev–Trinajstić information content (AvgIpc) is 3.22. The molecule has 0 aliphatic rings. The Bertz CT molecular complexity index is 944. The number of nitrogens with zero attached hydrogens (tertiary/aromatic N) is 2. The van der Waals surface area contributed by atoms with E-state index in [1.807, 2.05) is 24.3 Å². The number of aromatic nitrogens is 2. The molecule has 0 aliphatic carbocycles. The molecular formula is C18H17N3OS. The first-order chi connectivity index (χ1) is 11.3. The Morgan fingerprint density at radius 1 is 1.13 bits per heavy atom. The Hall–Kier alpha value is -2.40. The highest BCUT2D eigenvalue weighted by Gasteiger charge is 2.14. The number of fused-ring (bicyclic) bond motifs is 3. The van der Waals surface area contributed by atoms with Gasteiger partial charge in [-0.3, -0.25) is 0 Å². The summed E-state index contributed by atoms with van der Waals surface area (Å²) in [6, 6.07) is 12.2. The molecular weight excluding hydrogens is 306 g/mol. The zero-order valence-corrected chi connectivity index (χ0v) is 13.7. The Balaban J connectivity index is 1.72. The van der Waals surface area contributed by atoms with Crippen LogP contribution in [0.4, 0.5) is 5.82 Å². The van der Waals surface area contributed by atoms with Gasteiger partial charge < -0.3 is 9.73 Å². The molecule has 1 aromatic carbocycles. The van der Waals surface area contributed by atoms with E-state index in [0.29, 0.717) is 0 Å². The third-order valence-corrected chi connectivity index (χ3v) is 4.76. The molecule has 0 atom stereocenters. The van der Waals surface area contributed by atoms with Crippen LogP contribution >= 0.6 is 11.3 Å². The molecule has 4 nitrogen and oxygen atoms in total. The van der Waals surface area contributed by atoms with Crippen LogP contribution in [0.3, 0.4) is 0 Å². The van der Waals surface area contributed by atoms with E-state index >= 15 is 0 Å². The van der Waals surface area contributed by atoms with Gasteiger partial charge in [0.1, 0.15) is 16.9 Å². The number of hydrogen-bond acceptors (Lipinski definition) is 5. The van der Waals surface area contributed by atoms with Crippen LogP contribution in [0.15, 0.2) is 46.2 Å². The van der Waals surface area contributed by atoms with E-state index in [0.717, 1.165) is 53.1 Å². The van der Waals surface area contributed by atoms with Gasteiger partial charge in [0.25, 0.3) is 0 Å². The van der Waals surface area contributed by atoms with Gasteiger partial charge in [0.2, 0.25) is 0 Å². The van der Waals surface area contributed by atoms with Crippen LogP contribution < -0.4 is 5.32 Å². The number of furan rings is 1. The molecule has 4 aromatic rings. The van der Waals surface area contributed by atoms with Crippen molar-refractivity contribution in [1.29, 1.82) is 0 Å². The van der Waals surface area contributed by atoms with E-state index in [1.54, 1.807) is 11.3 Å². The van der Waals surface area contributed by atoms with Crippen molar-refractivity contribution in [3.05, 3.63) is 52.5 Å². The summed E-state index contributed by atoms with van der Waals surface area (Å²) in [5.74, 6) is 1.63. The lowest BCUT2D eigenvalue weighted by molar-refractivity contribution is 0.665. The van der Waals surface area contributed by atoms with Crippen molar-refractivity contribution in [3.63, 3.8) is 0 Å². The Kier molecular flexibility index (Phi) is 3.71. The van der Waals surface area contributed by atoms with Crippen LogP contribution in [0.5, 0.6) is 0 Å². The van der Waals surface area contributed by atoms with Crippen LogP contribution in [0, 0.1) is 0 Å². The van der Waals surface area contributed by atoms with E-state index in [2.05, 4.69) is 39.7 Å². The zero-order valence-electron chi connectivity index (χ0n) is 12.9. The van der Waals surface area contributed by atoms with E-state index in [1.165, 1.54) is 4.88 Å². The van der Waals surface area contributed by atoms with Gasteiger partial charge in [-0.25, -0.2) is 9.97 Å². The maximum atomic E-state index is 5.99. The number of thiophene rings is 1. The lowest BCUT2D eigenvalue weighted by atomic mass is 10.2. The summed E-state index contributed by atoms with van der Waals surface area (Å²) < 4.78 is 5.99. The fourth-order valence-electron chi connectivity index (χ4n) is 2.67. The van der Waals surface area contributed by atoms with Gasteiger partial charge in [-0.15, -0.1) is 11.3 Å². The molecule has 0 spiro atoms.